The van der Waals surface area contributed by atoms with Crippen LogP contribution in [0.1, 0.15) is 35.0 Å². The van der Waals surface area contributed by atoms with Crippen molar-refractivity contribution in [1.82, 2.24) is 15.2 Å². The number of piperazine rings is 1. The second kappa shape index (κ2) is 6.68. The number of carbonyl (C=O) groups is 1. The molecule has 1 aliphatic heterocycles. The number of nitrogens with one attached hydrogen (secondary N) is 1. The van der Waals surface area contributed by atoms with Gasteiger partial charge < -0.3 is 5.32 Å². The Morgan fingerprint density at radius 2 is 2.38 bits per heavy atom. The quantitative estimate of drug-likeness (QED) is 0.921. The molecule has 0 bridgehead atoms. The van der Waals surface area contributed by atoms with Gasteiger partial charge in [-0.05, 0) is 24.3 Å². The molecule has 1 unspecified atom stereocenters. The van der Waals surface area contributed by atoms with Crippen molar-refractivity contribution in [3.05, 3.63) is 38.5 Å². The van der Waals surface area contributed by atoms with Gasteiger partial charge in [-0.25, -0.2) is 4.98 Å². The average molecular weight is 321 g/mol. The first-order valence-corrected chi connectivity index (χ1v) is 9.02. The van der Waals surface area contributed by atoms with E-state index in [1.54, 1.807) is 22.7 Å². The van der Waals surface area contributed by atoms with Gasteiger partial charge in [0, 0.05) is 29.9 Å². The van der Waals surface area contributed by atoms with Crippen LogP contribution in [0.25, 0.3) is 0 Å². The predicted octanol–water partition coefficient (Wildman–Crippen LogP) is 2.83. The first kappa shape index (κ1) is 14.7. The van der Waals surface area contributed by atoms with Crippen molar-refractivity contribution in [2.24, 2.45) is 0 Å². The van der Waals surface area contributed by atoms with Gasteiger partial charge in [0.15, 0.2) is 0 Å². The summed E-state index contributed by atoms with van der Waals surface area (Å²) in [6.45, 7) is 4.50. The van der Waals surface area contributed by atoms with Crippen molar-refractivity contribution in [3.63, 3.8) is 0 Å². The van der Waals surface area contributed by atoms with Gasteiger partial charge in [0.2, 0.25) is 5.91 Å². The number of aryl methyl sites for hydroxylation is 1. The van der Waals surface area contributed by atoms with Gasteiger partial charge in [-0.3, -0.25) is 9.69 Å². The van der Waals surface area contributed by atoms with Crippen LogP contribution in [0.5, 0.6) is 0 Å². The standard InChI is InChI=1S/C15H19N3OS2/c1-2-4-13-17-11(10-21-13)9-18-7-6-16-15(19)14(18)12-5-3-8-20-12/h3,5,8,10,14H,2,4,6-7,9H2,1H3,(H,16,19). The second-order valence-electron chi connectivity index (χ2n) is 5.16. The third-order valence-electron chi connectivity index (χ3n) is 3.55. The van der Waals surface area contributed by atoms with Crippen molar-refractivity contribution >= 4 is 28.6 Å². The summed E-state index contributed by atoms with van der Waals surface area (Å²) in [7, 11) is 0. The van der Waals surface area contributed by atoms with E-state index in [1.165, 1.54) is 5.01 Å². The summed E-state index contributed by atoms with van der Waals surface area (Å²) >= 11 is 3.37. The Morgan fingerprint density at radius 1 is 1.48 bits per heavy atom. The fourth-order valence-corrected chi connectivity index (χ4v) is 4.35. The summed E-state index contributed by atoms with van der Waals surface area (Å²) in [5, 5.41) is 8.32. The highest BCUT2D eigenvalue weighted by atomic mass is 32.1. The largest absolute Gasteiger partial charge is 0.353 e. The fourth-order valence-electron chi connectivity index (χ4n) is 2.60. The maximum Gasteiger partial charge on any atom is 0.242 e. The fraction of sp³-hybridized carbons (Fsp3) is 0.467. The van der Waals surface area contributed by atoms with Crippen molar-refractivity contribution in [3.8, 4) is 0 Å². The average Bonchev–Trinajstić information content (AvgIpc) is 3.11. The molecule has 1 atom stereocenters. The van der Waals surface area contributed by atoms with E-state index in [4.69, 9.17) is 0 Å². The van der Waals surface area contributed by atoms with Gasteiger partial charge in [0.25, 0.3) is 0 Å². The molecule has 6 heteroatoms. The van der Waals surface area contributed by atoms with Gasteiger partial charge in [-0.1, -0.05) is 13.0 Å². The molecule has 3 rings (SSSR count). The highest BCUT2D eigenvalue weighted by molar-refractivity contribution is 7.10. The van der Waals surface area contributed by atoms with E-state index in [0.29, 0.717) is 6.54 Å². The van der Waals surface area contributed by atoms with Crippen LogP contribution < -0.4 is 5.32 Å². The summed E-state index contributed by atoms with van der Waals surface area (Å²) in [6.07, 6.45) is 2.16. The van der Waals surface area contributed by atoms with E-state index in [1.807, 2.05) is 17.5 Å². The highest BCUT2D eigenvalue weighted by Gasteiger charge is 2.32. The maximum atomic E-state index is 12.2. The lowest BCUT2D eigenvalue weighted by atomic mass is 10.1. The molecule has 2 aromatic heterocycles. The minimum absolute atomic E-state index is 0.104. The first-order valence-electron chi connectivity index (χ1n) is 7.26. The van der Waals surface area contributed by atoms with Gasteiger partial charge in [-0.15, -0.1) is 22.7 Å². The van der Waals surface area contributed by atoms with Crippen LogP contribution in [0, 0.1) is 0 Å². The molecule has 1 aliphatic rings. The normalized spacial score (nSPS) is 19.7. The number of thiazole rings is 1. The molecule has 2 aromatic rings. The summed E-state index contributed by atoms with van der Waals surface area (Å²) < 4.78 is 0. The summed E-state index contributed by atoms with van der Waals surface area (Å²) in [6, 6.07) is 3.87. The molecule has 0 saturated carbocycles. The van der Waals surface area contributed by atoms with Gasteiger partial charge in [-0.2, -0.15) is 0 Å². The summed E-state index contributed by atoms with van der Waals surface area (Å²) in [4.78, 5) is 20.3. The van der Waals surface area contributed by atoms with Crippen LogP contribution in [0.15, 0.2) is 22.9 Å². The van der Waals surface area contributed by atoms with Gasteiger partial charge >= 0.3 is 0 Å². The van der Waals surface area contributed by atoms with E-state index in [0.717, 1.165) is 36.5 Å². The maximum absolute atomic E-state index is 12.2. The van der Waals surface area contributed by atoms with Gasteiger partial charge in [0.05, 0.1) is 10.7 Å². The Kier molecular flexibility index (Phi) is 4.67. The van der Waals surface area contributed by atoms with Gasteiger partial charge in [0.1, 0.15) is 6.04 Å². The molecule has 3 heterocycles. The minimum atomic E-state index is -0.171. The molecule has 0 aliphatic carbocycles. The van der Waals surface area contributed by atoms with Crippen LogP contribution in [0.2, 0.25) is 0 Å². The number of aromatic nitrogens is 1. The Labute approximate surface area is 132 Å². The van der Waals surface area contributed by atoms with E-state index in [-0.39, 0.29) is 11.9 Å². The molecule has 0 aromatic carbocycles. The molecule has 1 N–H and O–H groups in total. The Bertz CT molecular complexity index is 594. The molecule has 1 fully saturated rings. The molecule has 0 radical (unpaired) electrons. The molecule has 0 spiro atoms. The number of hydrogen-bond acceptors (Lipinski definition) is 5. The molecule has 4 nitrogen and oxygen atoms in total. The Balaban J connectivity index is 1.76. The van der Waals surface area contributed by atoms with Crippen molar-refractivity contribution in [1.29, 1.82) is 0 Å². The molecule has 21 heavy (non-hydrogen) atoms. The lowest BCUT2D eigenvalue weighted by molar-refractivity contribution is -0.129. The zero-order valence-electron chi connectivity index (χ0n) is 12.0. The molecule has 1 saturated heterocycles. The van der Waals surface area contributed by atoms with Crippen molar-refractivity contribution in [2.45, 2.75) is 32.4 Å². The number of nitrogens with zero attached hydrogens (tertiary/aromatic N) is 2. The molecular formula is C15H19N3OS2. The predicted molar refractivity (Wildman–Crippen MR) is 86.6 cm³/mol. The van der Waals surface area contributed by atoms with Crippen molar-refractivity contribution < 1.29 is 4.79 Å². The summed E-state index contributed by atoms with van der Waals surface area (Å²) in [5.41, 5.74) is 1.08. The third kappa shape index (κ3) is 3.33. The first-order chi connectivity index (χ1) is 10.3. The van der Waals surface area contributed by atoms with E-state index >= 15 is 0 Å². The van der Waals surface area contributed by atoms with E-state index < -0.39 is 0 Å². The topological polar surface area (TPSA) is 45.2 Å². The zero-order chi connectivity index (χ0) is 14.7. The number of thiophene rings is 1. The van der Waals surface area contributed by atoms with E-state index in [2.05, 4.69) is 27.5 Å². The molecule has 1 amide bonds. The number of carbonyl (C=O) groups excluding carboxylic acids is 1. The van der Waals surface area contributed by atoms with Crippen LogP contribution in [0.3, 0.4) is 0 Å². The zero-order valence-corrected chi connectivity index (χ0v) is 13.7. The lowest BCUT2D eigenvalue weighted by Gasteiger charge is -2.33. The third-order valence-corrected chi connectivity index (χ3v) is 5.43. The van der Waals surface area contributed by atoms with Crippen LogP contribution in [-0.2, 0) is 17.8 Å². The minimum Gasteiger partial charge on any atom is -0.353 e. The molecule has 112 valence electrons. The van der Waals surface area contributed by atoms with Crippen molar-refractivity contribution in [2.75, 3.05) is 13.1 Å². The SMILES string of the molecule is CCCc1nc(CN2CCNC(=O)C2c2cccs2)cs1. The number of hydrogen-bond donors (Lipinski definition) is 1. The van der Waals surface area contributed by atoms with E-state index in [9.17, 15) is 4.79 Å². The smallest absolute Gasteiger partial charge is 0.242 e. The molecular weight excluding hydrogens is 302 g/mol. The lowest BCUT2D eigenvalue weighted by Crippen LogP contribution is -2.49. The van der Waals surface area contributed by atoms with Crippen LogP contribution in [-0.4, -0.2) is 28.9 Å². The Morgan fingerprint density at radius 3 is 3.14 bits per heavy atom. The van der Waals surface area contributed by atoms with Crippen LogP contribution >= 0.6 is 22.7 Å². The second-order valence-corrected chi connectivity index (χ2v) is 7.08. The number of amides is 1. The number of rotatable bonds is 5. The summed E-state index contributed by atoms with van der Waals surface area (Å²) in [5.74, 6) is 0.104. The highest BCUT2D eigenvalue weighted by Crippen LogP contribution is 2.28. The van der Waals surface area contributed by atoms with Crippen LogP contribution in [0.4, 0.5) is 0 Å². The monoisotopic (exact) mass is 321 g/mol. The Hall–Kier alpha value is -1.24.